The topological polar surface area (TPSA) is 109 Å². The van der Waals surface area contributed by atoms with Gasteiger partial charge in [0.2, 0.25) is 15.9 Å². The van der Waals surface area contributed by atoms with E-state index in [9.17, 15) is 18.3 Å². The minimum absolute atomic E-state index is 0.0248. The first kappa shape index (κ1) is 14.3. The van der Waals surface area contributed by atoms with E-state index in [1.54, 1.807) is 0 Å². The van der Waals surface area contributed by atoms with E-state index in [4.69, 9.17) is 5.14 Å². The Morgan fingerprint density at radius 3 is 2.29 bits per heavy atom. The number of amides is 1. The highest BCUT2D eigenvalue weighted by molar-refractivity contribution is 7.89. The number of nitrogens with one attached hydrogen (secondary N) is 1. The first-order chi connectivity index (χ1) is 9.86. The number of benzene rings is 1. The summed E-state index contributed by atoms with van der Waals surface area (Å²) < 4.78 is 22.7. The summed E-state index contributed by atoms with van der Waals surface area (Å²) in [6.45, 7) is 0. The van der Waals surface area contributed by atoms with Crippen LogP contribution in [0.25, 0.3) is 0 Å². The van der Waals surface area contributed by atoms with Crippen LogP contribution in [0.15, 0.2) is 23.1 Å². The number of sulfonamides is 1. The van der Waals surface area contributed by atoms with Gasteiger partial charge in [0.15, 0.2) is 0 Å². The van der Waals surface area contributed by atoms with Crippen LogP contribution in [0.4, 0.5) is 5.69 Å². The smallest absolute Gasteiger partial charge is 0.241 e. The van der Waals surface area contributed by atoms with Gasteiger partial charge in [0.1, 0.15) is 10.6 Å². The lowest BCUT2D eigenvalue weighted by Crippen LogP contribution is -2.26. The van der Waals surface area contributed by atoms with Crippen molar-refractivity contribution in [2.24, 2.45) is 22.9 Å². The summed E-state index contributed by atoms with van der Waals surface area (Å²) in [6.07, 6.45) is 4.36. The maximum absolute atomic E-state index is 12.4. The number of phenolic OH excluding ortho intramolecular Hbond substituents is 1. The van der Waals surface area contributed by atoms with Crippen LogP contribution in [0.5, 0.6) is 5.75 Å². The first-order valence-electron chi connectivity index (χ1n) is 7.03. The average molecular weight is 310 g/mol. The molecule has 0 heterocycles. The van der Waals surface area contributed by atoms with Crippen LogP contribution in [0, 0.1) is 17.8 Å². The van der Waals surface area contributed by atoms with Gasteiger partial charge in [-0.2, -0.15) is 0 Å². The monoisotopic (exact) mass is 310 g/mol. The Morgan fingerprint density at radius 2 is 1.81 bits per heavy atom. The second-order valence-electron chi connectivity index (χ2n) is 5.92. The average Bonchev–Trinajstić information content (AvgIpc) is 3.24. The third-order valence-electron chi connectivity index (χ3n) is 4.10. The summed E-state index contributed by atoms with van der Waals surface area (Å²) in [5.74, 6) is 0.471. The van der Waals surface area contributed by atoms with E-state index in [1.807, 2.05) is 0 Å². The van der Waals surface area contributed by atoms with Crippen molar-refractivity contribution < 1.29 is 18.3 Å². The molecule has 0 saturated heterocycles. The molecular formula is C14H18N2O4S. The van der Waals surface area contributed by atoms with Crippen LogP contribution in [-0.4, -0.2) is 19.4 Å². The molecule has 0 spiro atoms. The van der Waals surface area contributed by atoms with Crippen molar-refractivity contribution in [1.82, 2.24) is 0 Å². The molecule has 2 saturated carbocycles. The zero-order valence-corrected chi connectivity index (χ0v) is 12.3. The number of anilines is 1. The molecule has 3 rings (SSSR count). The van der Waals surface area contributed by atoms with Crippen molar-refractivity contribution in [2.45, 2.75) is 30.6 Å². The number of carbonyl (C=O) groups excluding carboxylic acids is 1. The van der Waals surface area contributed by atoms with E-state index < -0.39 is 15.8 Å². The Labute approximate surface area is 123 Å². The van der Waals surface area contributed by atoms with Crippen molar-refractivity contribution in [3.05, 3.63) is 18.2 Å². The molecule has 21 heavy (non-hydrogen) atoms. The van der Waals surface area contributed by atoms with Crippen molar-refractivity contribution in [3.8, 4) is 5.75 Å². The third kappa shape index (κ3) is 3.19. The number of aromatic hydroxyl groups is 1. The quantitative estimate of drug-likeness (QED) is 0.714. The zero-order chi connectivity index (χ0) is 15.2. The fourth-order valence-electron chi connectivity index (χ4n) is 2.77. The molecule has 0 aromatic heterocycles. The molecular weight excluding hydrogens is 292 g/mol. The lowest BCUT2D eigenvalue weighted by molar-refractivity contribution is -0.121. The predicted molar refractivity (Wildman–Crippen MR) is 77.0 cm³/mol. The number of nitrogens with two attached hydrogens (primary N) is 1. The van der Waals surface area contributed by atoms with Crippen LogP contribution in [0.2, 0.25) is 0 Å². The summed E-state index contributed by atoms with van der Waals surface area (Å²) >= 11 is 0. The van der Waals surface area contributed by atoms with Gasteiger partial charge < -0.3 is 10.4 Å². The van der Waals surface area contributed by atoms with E-state index in [1.165, 1.54) is 18.2 Å². The van der Waals surface area contributed by atoms with Gasteiger partial charge >= 0.3 is 0 Å². The van der Waals surface area contributed by atoms with E-state index in [0.717, 1.165) is 25.7 Å². The maximum Gasteiger partial charge on any atom is 0.241 e. The van der Waals surface area contributed by atoms with Gasteiger partial charge in [-0.3, -0.25) is 4.79 Å². The SMILES string of the molecule is NS(=O)(=O)c1cc(NC(=O)C(C2CC2)C2CC2)ccc1O. The van der Waals surface area contributed by atoms with Crippen LogP contribution in [-0.2, 0) is 14.8 Å². The van der Waals surface area contributed by atoms with Gasteiger partial charge in [0, 0.05) is 11.6 Å². The van der Waals surface area contributed by atoms with Crippen LogP contribution >= 0.6 is 0 Å². The van der Waals surface area contributed by atoms with Crippen LogP contribution in [0.3, 0.4) is 0 Å². The van der Waals surface area contributed by atoms with Gasteiger partial charge in [0.05, 0.1) is 0 Å². The number of hydrogen-bond donors (Lipinski definition) is 3. The Bertz CT molecular complexity index is 666. The standard InChI is InChI=1S/C14H18N2O4S/c15-21(19,20)12-7-10(5-6-11(12)17)16-14(18)13(8-1-2-8)9-3-4-9/h5-9,13,17H,1-4H2,(H,16,18)(H2,15,19,20). The summed E-state index contributed by atoms with van der Waals surface area (Å²) in [5, 5.41) is 17.3. The van der Waals surface area contributed by atoms with Gasteiger partial charge in [0.25, 0.3) is 0 Å². The molecule has 0 radical (unpaired) electrons. The highest BCUT2D eigenvalue weighted by Gasteiger charge is 2.45. The molecule has 114 valence electrons. The number of rotatable bonds is 5. The Hall–Kier alpha value is -1.60. The molecule has 0 bridgehead atoms. The number of carbonyl (C=O) groups is 1. The largest absolute Gasteiger partial charge is 0.507 e. The molecule has 2 aliphatic rings. The molecule has 0 aliphatic heterocycles. The minimum atomic E-state index is -4.02. The fraction of sp³-hybridized carbons (Fsp3) is 0.500. The lowest BCUT2D eigenvalue weighted by Gasteiger charge is -2.16. The molecule has 1 aromatic carbocycles. The van der Waals surface area contributed by atoms with Crippen molar-refractivity contribution in [3.63, 3.8) is 0 Å². The maximum atomic E-state index is 12.4. The fourth-order valence-corrected chi connectivity index (χ4v) is 3.42. The number of phenols is 1. The Kier molecular flexibility index (Phi) is 3.41. The second-order valence-corrected chi connectivity index (χ2v) is 7.45. The number of primary sulfonamides is 1. The van der Waals surface area contributed by atoms with Crippen LogP contribution in [0.1, 0.15) is 25.7 Å². The van der Waals surface area contributed by atoms with Crippen LogP contribution < -0.4 is 10.5 Å². The first-order valence-corrected chi connectivity index (χ1v) is 8.57. The summed E-state index contributed by atoms with van der Waals surface area (Å²) in [6, 6.07) is 3.89. The van der Waals surface area contributed by atoms with Gasteiger partial charge in [-0.05, 0) is 55.7 Å². The summed E-state index contributed by atoms with van der Waals surface area (Å²) in [4.78, 5) is 12.0. The number of hydrogen-bond acceptors (Lipinski definition) is 4. The molecule has 1 aromatic rings. The van der Waals surface area contributed by atoms with E-state index in [2.05, 4.69) is 5.32 Å². The molecule has 6 nitrogen and oxygen atoms in total. The van der Waals surface area contributed by atoms with Gasteiger partial charge in [-0.1, -0.05) is 0 Å². The summed E-state index contributed by atoms with van der Waals surface area (Å²) in [5.41, 5.74) is 0.341. The lowest BCUT2D eigenvalue weighted by atomic mass is 9.97. The Balaban J connectivity index is 1.79. The van der Waals surface area contributed by atoms with Gasteiger partial charge in [-0.15, -0.1) is 0 Å². The third-order valence-corrected chi connectivity index (χ3v) is 5.04. The molecule has 2 fully saturated rings. The zero-order valence-electron chi connectivity index (χ0n) is 11.5. The molecule has 7 heteroatoms. The normalized spacial score (nSPS) is 18.8. The van der Waals surface area contributed by atoms with Crippen molar-refractivity contribution in [2.75, 3.05) is 5.32 Å². The molecule has 2 aliphatic carbocycles. The van der Waals surface area contributed by atoms with Crippen molar-refractivity contribution in [1.29, 1.82) is 0 Å². The Morgan fingerprint density at radius 1 is 1.24 bits per heavy atom. The van der Waals surface area contributed by atoms with E-state index in [0.29, 0.717) is 17.5 Å². The van der Waals surface area contributed by atoms with E-state index >= 15 is 0 Å². The molecule has 4 N–H and O–H groups in total. The highest BCUT2D eigenvalue weighted by Crippen LogP contribution is 2.49. The second kappa shape index (κ2) is 4.99. The summed E-state index contributed by atoms with van der Waals surface area (Å²) in [7, 11) is -4.02. The molecule has 0 atom stereocenters. The van der Waals surface area contributed by atoms with Crippen molar-refractivity contribution >= 4 is 21.6 Å². The van der Waals surface area contributed by atoms with Gasteiger partial charge in [-0.25, -0.2) is 13.6 Å². The minimum Gasteiger partial charge on any atom is -0.507 e. The molecule has 1 amide bonds. The molecule has 0 unspecified atom stereocenters. The predicted octanol–water partition coefficient (Wildman–Crippen LogP) is 1.41. The highest BCUT2D eigenvalue weighted by atomic mass is 32.2. The van der Waals surface area contributed by atoms with E-state index in [-0.39, 0.29) is 16.7 Å².